The van der Waals surface area contributed by atoms with E-state index >= 15 is 0 Å². The Bertz CT molecular complexity index is 1020. The van der Waals surface area contributed by atoms with Crippen molar-refractivity contribution in [2.45, 2.75) is 71.4 Å². The van der Waals surface area contributed by atoms with Gasteiger partial charge in [0, 0.05) is 30.8 Å². The van der Waals surface area contributed by atoms with E-state index in [0.717, 1.165) is 50.1 Å². The van der Waals surface area contributed by atoms with Crippen LogP contribution in [0.15, 0.2) is 23.1 Å². The van der Waals surface area contributed by atoms with Gasteiger partial charge in [0.1, 0.15) is 0 Å². The van der Waals surface area contributed by atoms with Crippen LogP contribution in [0.4, 0.5) is 0 Å². The molecule has 1 fully saturated rings. The fourth-order valence-electron chi connectivity index (χ4n) is 4.56. The zero-order valence-electron chi connectivity index (χ0n) is 19.5. The van der Waals surface area contributed by atoms with Crippen LogP contribution in [0.3, 0.4) is 0 Å². The van der Waals surface area contributed by atoms with E-state index in [-0.39, 0.29) is 12.0 Å². The molecule has 1 aliphatic carbocycles. The summed E-state index contributed by atoms with van der Waals surface area (Å²) in [5.41, 5.74) is 4.49. The summed E-state index contributed by atoms with van der Waals surface area (Å²) in [5.74, 6) is -0.491. The van der Waals surface area contributed by atoms with E-state index in [1.165, 1.54) is 29.8 Å². The fourth-order valence-corrected chi connectivity index (χ4v) is 5.26. The lowest BCUT2D eigenvalue weighted by Crippen LogP contribution is -2.25. The van der Waals surface area contributed by atoms with E-state index in [4.69, 9.17) is 9.47 Å². The number of hydrogen-bond donors (Lipinski definition) is 1. The van der Waals surface area contributed by atoms with Crippen molar-refractivity contribution in [3.8, 4) is 11.4 Å². The number of aromatic nitrogens is 2. The van der Waals surface area contributed by atoms with Crippen LogP contribution < -0.4 is 5.32 Å². The van der Waals surface area contributed by atoms with Gasteiger partial charge in [0.15, 0.2) is 0 Å². The van der Waals surface area contributed by atoms with E-state index in [1.54, 1.807) is 6.92 Å². The Kier molecular flexibility index (Phi) is 7.98. The third kappa shape index (κ3) is 5.73. The summed E-state index contributed by atoms with van der Waals surface area (Å²) in [6, 6.07) is 1.89. The topological polar surface area (TPSA) is 82.5 Å². The molecule has 3 heterocycles. The highest BCUT2D eigenvalue weighted by atomic mass is 32.1. The molecule has 1 saturated heterocycles. The number of hydrogen-bond acceptors (Lipinski definition) is 6. The van der Waals surface area contributed by atoms with Crippen LogP contribution in [0.1, 0.15) is 77.7 Å². The van der Waals surface area contributed by atoms with Crippen molar-refractivity contribution in [1.29, 1.82) is 0 Å². The van der Waals surface area contributed by atoms with Crippen LogP contribution in [-0.2, 0) is 16.0 Å². The second-order valence-corrected chi connectivity index (χ2v) is 9.50. The normalized spacial score (nSPS) is 18.2. The lowest BCUT2D eigenvalue weighted by atomic mass is 9.97. The lowest BCUT2D eigenvalue weighted by Gasteiger charge is -2.16. The number of carbonyl (C=O) groups is 2. The molecule has 1 atom stereocenters. The SMILES string of the molecule is CCOC(=O)c1nc(-c2cc(C(=O)NCCC3=CCCCC3)c(C)n2CC2CCCO2)cs1. The first kappa shape index (κ1) is 23.7. The highest BCUT2D eigenvalue weighted by Crippen LogP contribution is 2.29. The monoisotopic (exact) mass is 471 g/mol. The summed E-state index contributed by atoms with van der Waals surface area (Å²) in [6.07, 6.45) is 10.2. The molecule has 4 rings (SSSR count). The van der Waals surface area contributed by atoms with Crippen molar-refractivity contribution in [3.05, 3.63) is 39.4 Å². The smallest absolute Gasteiger partial charge is 0.367 e. The largest absolute Gasteiger partial charge is 0.461 e. The van der Waals surface area contributed by atoms with Crippen LogP contribution in [0.2, 0.25) is 0 Å². The van der Waals surface area contributed by atoms with Crippen molar-refractivity contribution < 1.29 is 19.1 Å². The van der Waals surface area contributed by atoms with Gasteiger partial charge in [0.25, 0.3) is 5.91 Å². The second kappa shape index (κ2) is 11.1. The molecule has 1 N–H and O–H groups in total. The van der Waals surface area contributed by atoms with E-state index in [2.05, 4.69) is 20.9 Å². The average molecular weight is 472 g/mol. The highest BCUT2D eigenvalue weighted by Gasteiger charge is 2.25. The summed E-state index contributed by atoms with van der Waals surface area (Å²) in [7, 11) is 0. The minimum Gasteiger partial charge on any atom is -0.461 e. The molecular weight excluding hydrogens is 438 g/mol. The number of nitrogens with zero attached hydrogens (tertiary/aromatic N) is 2. The molecule has 7 nitrogen and oxygen atoms in total. The summed E-state index contributed by atoms with van der Waals surface area (Å²) >= 11 is 1.26. The number of esters is 1. The van der Waals surface area contributed by atoms with Crippen LogP contribution in [-0.4, -0.2) is 47.3 Å². The molecular formula is C25H33N3O4S. The van der Waals surface area contributed by atoms with Gasteiger partial charge in [-0.1, -0.05) is 11.6 Å². The number of thiazole rings is 1. The second-order valence-electron chi connectivity index (χ2n) is 8.65. The van der Waals surface area contributed by atoms with Gasteiger partial charge in [0.2, 0.25) is 5.01 Å². The molecule has 1 unspecified atom stereocenters. The average Bonchev–Trinajstić information content (AvgIpc) is 3.57. The Morgan fingerprint density at radius 2 is 2.21 bits per heavy atom. The lowest BCUT2D eigenvalue weighted by molar-refractivity contribution is 0.0526. The first-order valence-electron chi connectivity index (χ1n) is 12.0. The predicted octanol–water partition coefficient (Wildman–Crippen LogP) is 4.90. The fraction of sp³-hybridized carbons (Fsp3) is 0.560. The molecule has 33 heavy (non-hydrogen) atoms. The van der Waals surface area contributed by atoms with Gasteiger partial charge in [-0.05, 0) is 64.9 Å². The molecule has 1 amide bonds. The number of amides is 1. The van der Waals surface area contributed by atoms with Crippen LogP contribution in [0, 0.1) is 6.92 Å². The summed E-state index contributed by atoms with van der Waals surface area (Å²) < 4.78 is 13.1. The zero-order chi connectivity index (χ0) is 23.2. The van der Waals surface area contributed by atoms with Crippen LogP contribution in [0.25, 0.3) is 11.4 Å². The number of allylic oxidation sites excluding steroid dienone is 1. The van der Waals surface area contributed by atoms with E-state index in [0.29, 0.717) is 36.0 Å². The predicted molar refractivity (Wildman–Crippen MR) is 129 cm³/mol. The van der Waals surface area contributed by atoms with Crippen LogP contribution >= 0.6 is 11.3 Å². The van der Waals surface area contributed by atoms with Crippen molar-refractivity contribution in [3.63, 3.8) is 0 Å². The minimum absolute atomic E-state index is 0.0721. The Balaban J connectivity index is 1.54. The molecule has 2 aromatic rings. The van der Waals surface area contributed by atoms with Gasteiger partial charge in [-0.25, -0.2) is 9.78 Å². The van der Waals surface area contributed by atoms with Gasteiger partial charge in [-0.15, -0.1) is 11.3 Å². The Morgan fingerprint density at radius 1 is 1.33 bits per heavy atom. The molecule has 2 aliphatic rings. The maximum absolute atomic E-state index is 13.1. The van der Waals surface area contributed by atoms with Gasteiger partial charge in [-0.2, -0.15) is 0 Å². The van der Waals surface area contributed by atoms with Gasteiger partial charge < -0.3 is 19.4 Å². The Morgan fingerprint density at radius 3 is 2.94 bits per heavy atom. The third-order valence-corrected chi connectivity index (χ3v) is 7.18. The number of nitrogens with one attached hydrogen (secondary N) is 1. The molecule has 0 aromatic carbocycles. The van der Waals surface area contributed by atoms with E-state index < -0.39 is 5.97 Å². The molecule has 0 spiro atoms. The maximum Gasteiger partial charge on any atom is 0.367 e. The zero-order valence-corrected chi connectivity index (χ0v) is 20.3. The quantitative estimate of drug-likeness (QED) is 0.416. The standard InChI is InChI=1S/C25H33N3O4S/c1-3-31-25(30)24-27-21(16-33-24)22-14-20(17(2)28(22)15-19-10-7-13-32-19)23(29)26-12-11-18-8-5-4-6-9-18/h8,14,16,19H,3-7,9-13,15H2,1-2H3,(H,26,29). The summed E-state index contributed by atoms with van der Waals surface area (Å²) in [4.78, 5) is 29.7. The van der Waals surface area contributed by atoms with Crippen molar-refractivity contribution in [2.24, 2.45) is 0 Å². The van der Waals surface area contributed by atoms with Crippen molar-refractivity contribution in [2.75, 3.05) is 19.8 Å². The molecule has 0 bridgehead atoms. The Labute approximate surface area is 199 Å². The third-order valence-electron chi connectivity index (χ3n) is 6.35. The summed E-state index contributed by atoms with van der Waals surface area (Å²) in [5, 5.41) is 5.27. The van der Waals surface area contributed by atoms with Crippen LogP contribution in [0.5, 0.6) is 0 Å². The van der Waals surface area contributed by atoms with Crippen molar-refractivity contribution in [1.82, 2.24) is 14.9 Å². The van der Waals surface area contributed by atoms with Crippen molar-refractivity contribution >= 4 is 23.2 Å². The van der Waals surface area contributed by atoms with Gasteiger partial charge in [-0.3, -0.25) is 4.79 Å². The summed E-state index contributed by atoms with van der Waals surface area (Å²) in [6.45, 7) is 6.12. The first-order valence-corrected chi connectivity index (χ1v) is 12.9. The van der Waals surface area contributed by atoms with E-state index in [1.807, 2.05) is 18.4 Å². The molecule has 0 saturated carbocycles. The molecule has 8 heteroatoms. The molecule has 2 aromatic heterocycles. The highest BCUT2D eigenvalue weighted by molar-refractivity contribution is 7.11. The molecule has 0 radical (unpaired) electrons. The Hall–Kier alpha value is -2.45. The number of carbonyl (C=O) groups excluding carboxylic acids is 2. The number of ether oxygens (including phenoxy) is 2. The first-order chi connectivity index (χ1) is 16.1. The molecule has 1 aliphatic heterocycles. The minimum atomic E-state index is -0.419. The molecule has 178 valence electrons. The number of rotatable bonds is 9. The van der Waals surface area contributed by atoms with Gasteiger partial charge in [0.05, 0.1) is 29.7 Å². The van der Waals surface area contributed by atoms with Gasteiger partial charge >= 0.3 is 5.97 Å². The van der Waals surface area contributed by atoms with E-state index in [9.17, 15) is 9.59 Å². The maximum atomic E-state index is 13.1.